The molecule has 0 aromatic heterocycles. The molecule has 1 nitrogen and oxygen atoms in total. The predicted octanol–water partition coefficient (Wildman–Crippen LogP) is 7.44. The van der Waals surface area contributed by atoms with E-state index in [9.17, 15) is 17.6 Å². The largest absolute Gasteiger partial charge is 0.429 e. The summed E-state index contributed by atoms with van der Waals surface area (Å²) in [5, 5.41) is 0. The lowest BCUT2D eigenvalue weighted by atomic mass is 9.78. The number of aryl methyl sites for hydroxylation is 1. The molecule has 0 unspecified atom stereocenters. The Kier molecular flexibility index (Phi) is 9.16. The zero-order chi connectivity index (χ0) is 19.6. The van der Waals surface area contributed by atoms with Gasteiger partial charge in [0.1, 0.15) is 0 Å². The van der Waals surface area contributed by atoms with Gasteiger partial charge in [0.2, 0.25) is 0 Å². The van der Waals surface area contributed by atoms with E-state index in [2.05, 4.69) is 23.8 Å². The van der Waals surface area contributed by atoms with Crippen molar-refractivity contribution in [3.8, 4) is 5.75 Å². The summed E-state index contributed by atoms with van der Waals surface area (Å²) in [7, 11) is 0. The van der Waals surface area contributed by atoms with Gasteiger partial charge in [0.25, 0.3) is 0 Å². The Labute approximate surface area is 159 Å². The van der Waals surface area contributed by atoms with Crippen LogP contribution in [0, 0.1) is 23.5 Å². The molecule has 5 heteroatoms. The van der Waals surface area contributed by atoms with Gasteiger partial charge < -0.3 is 4.74 Å². The molecule has 1 aliphatic carbocycles. The first-order valence-electron chi connectivity index (χ1n) is 10.1. The van der Waals surface area contributed by atoms with Crippen LogP contribution in [0.3, 0.4) is 0 Å². The van der Waals surface area contributed by atoms with E-state index in [1.165, 1.54) is 25.7 Å². The van der Waals surface area contributed by atoms with Crippen molar-refractivity contribution in [1.82, 2.24) is 0 Å². The predicted molar refractivity (Wildman–Crippen MR) is 100 cm³/mol. The van der Waals surface area contributed by atoms with E-state index in [1.54, 1.807) is 0 Å². The first-order valence-corrected chi connectivity index (χ1v) is 10.1. The van der Waals surface area contributed by atoms with Crippen LogP contribution in [0.4, 0.5) is 17.6 Å². The highest BCUT2D eigenvalue weighted by Crippen LogP contribution is 2.34. The summed E-state index contributed by atoms with van der Waals surface area (Å²) in [5.41, 5.74) is 0.497. The minimum absolute atomic E-state index is 0.497. The fourth-order valence-electron chi connectivity index (χ4n) is 3.95. The first-order chi connectivity index (χ1) is 13.0. The van der Waals surface area contributed by atoms with Crippen LogP contribution < -0.4 is 4.74 Å². The lowest BCUT2D eigenvalue weighted by molar-refractivity contribution is -0.0546. The van der Waals surface area contributed by atoms with Gasteiger partial charge in [0.05, 0.1) is 0 Å². The van der Waals surface area contributed by atoms with E-state index >= 15 is 0 Å². The molecule has 0 bridgehead atoms. The molecule has 0 saturated heterocycles. The van der Waals surface area contributed by atoms with Gasteiger partial charge in [-0.15, -0.1) is 0 Å². The Hall–Kier alpha value is -1.52. The first kappa shape index (κ1) is 21.8. The molecule has 1 aromatic carbocycles. The smallest absolute Gasteiger partial charge is 0.387 e. The third-order valence-corrected chi connectivity index (χ3v) is 5.46. The standard InChI is InChI=1S/C22H30F4O/c1-2-3-4-5-6-7-16-8-10-17(11-9-16)12-13-18-14-19(23)21(20(24)15-18)27-22(25)26/h3-4,14-17,22H,2,5-13H2,1H3/b4-3+. The molecule has 1 fully saturated rings. The van der Waals surface area contributed by atoms with Gasteiger partial charge in [0, 0.05) is 0 Å². The number of unbranched alkanes of at least 4 members (excludes halogenated alkanes) is 1. The van der Waals surface area contributed by atoms with Crippen molar-refractivity contribution in [3.05, 3.63) is 41.5 Å². The van der Waals surface area contributed by atoms with Gasteiger partial charge in [-0.3, -0.25) is 0 Å². The fourth-order valence-corrected chi connectivity index (χ4v) is 3.95. The van der Waals surface area contributed by atoms with Crippen LogP contribution in [0.1, 0.15) is 70.3 Å². The molecule has 27 heavy (non-hydrogen) atoms. The second kappa shape index (κ2) is 11.4. The lowest BCUT2D eigenvalue weighted by Crippen LogP contribution is -2.15. The molecular weight excluding hydrogens is 356 g/mol. The quantitative estimate of drug-likeness (QED) is 0.231. The highest BCUT2D eigenvalue weighted by molar-refractivity contribution is 5.31. The van der Waals surface area contributed by atoms with Crippen LogP contribution in [-0.4, -0.2) is 6.61 Å². The second-order valence-corrected chi connectivity index (χ2v) is 7.50. The number of benzene rings is 1. The van der Waals surface area contributed by atoms with E-state index in [-0.39, 0.29) is 0 Å². The fraction of sp³-hybridized carbons (Fsp3) is 0.636. The highest BCUT2D eigenvalue weighted by atomic mass is 19.3. The van der Waals surface area contributed by atoms with Crippen molar-refractivity contribution >= 4 is 0 Å². The number of rotatable bonds is 10. The summed E-state index contributed by atoms with van der Waals surface area (Å²) < 4.78 is 55.8. The molecule has 0 radical (unpaired) electrons. The summed E-state index contributed by atoms with van der Waals surface area (Å²) in [6.07, 6.45) is 15.5. The van der Waals surface area contributed by atoms with Gasteiger partial charge >= 0.3 is 6.61 Å². The van der Waals surface area contributed by atoms with Gasteiger partial charge in [-0.05, 0) is 61.6 Å². The third-order valence-electron chi connectivity index (χ3n) is 5.46. The number of hydrogen-bond donors (Lipinski definition) is 0. The molecule has 1 saturated carbocycles. The SMILES string of the molecule is CC/C=C/CCCC1CCC(CCc2cc(F)c(OC(F)F)c(F)c2)CC1. The van der Waals surface area contributed by atoms with Gasteiger partial charge in [0.15, 0.2) is 17.4 Å². The van der Waals surface area contributed by atoms with Crippen molar-refractivity contribution < 1.29 is 22.3 Å². The number of ether oxygens (including phenoxy) is 1. The molecule has 0 atom stereocenters. The Balaban J connectivity index is 1.73. The van der Waals surface area contributed by atoms with Crippen molar-refractivity contribution in [2.75, 3.05) is 0 Å². The monoisotopic (exact) mass is 386 g/mol. The lowest BCUT2D eigenvalue weighted by Gasteiger charge is -2.28. The van der Waals surface area contributed by atoms with Crippen molar-refractivity contribution in [3.63, 3.8) is 0 Å². The number of alkyl halides is 2. The van der Waals surface area contributed by atoms with E-state index in [0.717, 1.165) is 50.2 Å². The van der Waals surface area contributed by atoms with E-state index in [4.69, 9.17) is 0 Å². The van der Waals surface area contributed by atoms with Gasteiger partial charge in [-0.1, -0.05) is 51.2 Å². The third kappa shape index (κ3) is 7.55. The summed E-state index contributed by atoms with van der Waals surface area (Å²) in [5.74, 6) is -1.75. The normalized spacial score (nSPS) is 20.5. The maximum Gasteiger partial charge on any atom is 0.387 e. The highest BCUT2D eigenvalue weighted by Gasteiger charge is 2.21. The summed E-state index contributed by atoms with van der Waals surface area (Å²) >= 11 is 0. The number of hydrogen-bond acceptors (Lipinski definition) is 1. The van der Waals surface area contributed by atoms with E-state index in [1.807, 2.05) is 0 Å². The van der Waals surface area contributed by atoms with Crippen LogP contribution in [0.15, 0.2) is 24.3 Å². The van der Waals surface area contributed by atoms with Crippen molar-refractivity contribution in [2.24, 2.45) is 11.8 Å². The summed E-state index contributed by atoms with van der Waals surface area (Å²) in [6, 6.07) is 2.21. The topological polar surface area (TPSA) is 9.23 Å². The average molecular weight is 386 g/mol. The minimum atomic E-state index is -3.24. The molecule has 0 aliphatic heterocycles. The minimum Gasteiger partial charge on any atom is -0.429 e. The molecule has 0 N–H and O–H groups in total. The average Bonchev–Trinajstić information content (AvgIpc) is 2.63. The maximum atomic E-state index is 13.8. The molecule has 1 aromatic rings. The second-order valence-electron chi connectivity index (χ2n) is 7.50. The molecule has 1 aliphatic rings. The molecule has 152 valence electrons. The van der Waals surface area contributed by atoms with Crippen LogP contribution >= 0.6 is 0 Å². The van der Waals surface area contributed by atoms with Crippen LogP contribution in [0.2, 0.25) is 0 Å². The van der Waals surface area contributed by atoms with E-state index < -0.39 is 24.0 Å². The maximum absolute atomic E-state index is 13.8. The Morgan fingerprint density at radius 2 is 1.59 bits per heavy atom. The molecule has 0 spiro atoms. The molecular formula is C22H30F4O. The molecule has 2 rings (SSSR count). The van der Waals surface area contributed by atoms with Crippen LogP contribution in [0.25, 0.3) is 0 Å². The van der Waals surface area contributed by atoms with Crippen molar-refractivity contribution in [1.29, 1.82) is 0 Å². The van der Waals surface area contributed by atoms with Crippen molar-refractivity contribution in [2.45, 2.75) is 77.7 Å². The van der Waals surface area contributed by atoms with Gasteiger partial charge in [-0.25, -0.2) is 8.78 Å². The zero-order valence-electron chi connectivity index (χ0n) is 16.0. The summed E-state index contributed by atoms with van der Waals surface area (Å²) in [6.45, 7) is -1.09. The van der Waals surface area contributed by atoms with Crippen LogP contribution in [-0.2, 0) is 6.42 Å². The number of allylic oxidation sites excluding steroid dienone is 2. The van der Waals surface area contributed by atoms with E-state index in [0.29, 0.717) is 17.9 Å². The Morgan fingerprint density at radius 1 is 1.00 bits per heavy atom. The summed E-state index contributed by atoms with van der Waals surface area (Å²) in [4.78, 5) is 0. The Bertz CT molecular complexity index is 569. The molecule has 0 amide bonds. The number of halogens is 4. The Morgan fingerprint density at radius 3 is 2.15 bits per heavy atom. The van der Waals surface area contributed by atoms with Gasteiger partial charge in [-0.2, -0.15) is 8.78 Å². The molecule has 0 heterocycles. The van der Waals surface area contributed by atoms with Crippen LogP contribution in [0.5, 0.6) is 5.75 Å². The zero-order valence-corrected chi connectivity index (χ0v) is 16.0.